The maximum atomic E-state index is 13.4. The van der Waals surface area contributed by atoms with Crippen molar-refractivity contribution in [1.29, 1.82) is 0 Å². The molecule has 2 aliphatic heterocycles. The third-order valence-corrected chi connectivity index (χ3v) is 7.52. The molecule has 0 aromatic heterocycles. The highest BCUT2D eigenvalue weighted by Gasteiger charge is 2.46. The Morgan fingerprint density at radius 2 is 1.74 bits per heavy atom. The van der Waals surface area contributed by atoms with Gasteiger partial charge in [-0.2, -0.15) is 0 Å². The normalized spacial score (nSPS) is 30.9. The molecule has 8 heteroatoms. The third-order valence-electron chi connectivity index (χ3n) is 7.52. The Kier molecular flexibility index (Phi) is 6.46. The molecule has 1 aromatic carbocycles. The molecule has 3 N–H and O–H groups in total. The molecule has 1 aromatic rings. The van der Waals surface area contributed by atoms with E-state index in [4.69, 9.17) is 0 Å². The minimum Gasteiger partial charge on any atom is -0.465 e. The monoisotopic (exact) mass is 429 g/mol. The van der Waals surface area contributed by atoms with Gasteiger partial charge >= 0.3 is 6.09 Å². The van der Waals surface area contributed by atoms with Crippen molar-refractivity contribution in [3.05, 3.63) is 35.9 Å². The molecule has 3 fully saturated rings. The van der Waals surface area contributed by atoms with E-state index in [1.165, 1.54) is 10.5 Å². The first-order valence-corrected chi connectivity index (χ1v) is 11.3. The predicted octanol–water partition coefficient (Wildman–Crippen LogP) is 2.68. The second kappa shape index (κ2) is 9.26. The van der Waals surface area contributed by atoms with Crippen molar-refractivity contribution in [3.8, 4) is 0 Å². The summed E-state index contributed by atoms with van der Waals surface area (Å²) in [4.78, 5) is 40.8. The third kappa shape index (κ3) is 4.39. The summed E-state index contributed by atoms with van der Waals surface area (Å²) >= 11 is 0. The molecule has 2 saturated heterocycles. The van der Waals surface area contributed by atoms with Crippen LogP contribution in [0.1, 0.15) is 50.0 Å². The smallest absolute Gasteiger partial charge is 0.407 e. The van der Waals surface area contributed by atoms with E-state index >= 15 is 0 Å². The minimum absolute atomic E-state index is 0.0213. The second-order valence-electron chi connectivity index (χ2n) is 9.13. The fourth-order valence-electron chi connectivity index (χ4n) is 5.93. The van der Waals surface area contributed by atoms with Gasteiger partial charge in [-0.05, 0) is 50.0 Å². The van der Waals surface area contributed by atoms with Gasteiger partial charge < -0.3 is 14.9 Å². The number of hydroxylamine groups is 1. The van der Waals surface area contributed by atoms with Crippen LogP contribution < -0.4 is 5.48 Å². The van der Waals surface area contributed by atoms with Gasteiger partial charge in [0.15, 0.2) is 0 Å². The highest BCUT2D eigenvalue weighted by atomic mass is 16.5. The molecule has 168 valence electrons. The van der Waals surface area contributed by atoms with E-state index in [1.807, 2.05) is 23.1 Å². The standard InChI is InChI=1S/C23H31N3O5/c27-21(24-31)19-13-16(20-7-4-11-26(20)23(29)30)8-9-18(19)22(28)25-12-10-17(14-25)15-5-2-1-3-6-15/h1-3,5-6,16-20,31H,4,7-14H2,(H,24,27)(H,29,30)/t16-,17-,18-,19-,20?/m0/s1. The van der Waals surface area contributed by atoms with Crippen LogP contribution in [0.2, 0.25) is 0 Å². The van der Waals surface area contributed by atoms with Gasteiger partial charge in [0.25, 0.3) is 0 Å². The minimum atomic E-state index is -0.923. The average Bonchev–Trinajstić information content (AvgIpc) is 3.48. The van der Waals surface area contributed by atoms with Crippen molar-refractivity contribution in [1.82, 2.24) is 15.3 Å². The van der Waals surface area contributed by atoms with Gasteiger partial charge in [0, 0.05) is 37.5 Å². The van der Waals surface area contributed by atoms with Crippen LogP contribution in [-0.4, -0.2) is 63.7 Å². The fourth-order valence-corrected chi connectivity index (χ4v) is 5.93. The maximum absolute atomic E-state index is 13.4. The lowest BCUT2D eigenvalue weighted by Gasteiger charge is -2.39. The van der Waals surface area contributed by atoms with Gasteiger partial charge in [0.1, 0.15) is 0 Å². The molecule has 1 saturated carbocycles. The number of carboxylic acid groups (broad SMARTS) is 1. The number of nitrogens with one attached hydrogen (secondary N) is 1. The number of hydrogen-bond acceptors (Lipinski definition) is 4. The van der Waals surface area contributed by atoms with Crippen molar-refractivity contribution in [3.63, 3.8) is 0 Å². The van der Waals surface area contributed by atoms with E-state index in [0.29, 0.717) is 38.4 Å². The molecule has 8 nitrogen and oxygen atoms in total. The number of carbonyl (C=O) groups is 3. The topological polar surface area (TPSA) is 110 Å². The van der Waals surface area contributed by atoms with Gasteiger partial charge in [-0.1, -0.05) is 30.3 Å². The quantitative estimate of drug-likeness (QED) is 0.504. The summed E-state index contributed by atoms with van der Waals surface area (Å²) in [6.07, 6.45) is 3.27. The Morgan fingerprint density at radius 3 is 2.45 bits per heavy atom. The summed E-state index contributed by atoms with van der Waals surface area (Å²) in [6.45, 7) is 1.83. The van der Waals surface area contributed by atoms with E-state index in [-0.39, 0.29) is 17.9 Å². The molecule has 3 aliphatic rings. The molecule has 4 rings (SSSR count). The van der Waals surface area contributed by atoms with E-state index in [0.717, 1.165) is 25.7 Å². The number of hydrogen-bond donors (Lipinski definition) is 3. The van der Waals surface area contributed by atoms with Gasteiger partial charge in [0.05, 0.1) is 5.92 Å². The van der Waals surface area contributed by atoms with Crippen molar-refractivity contribution in [2.24, 2.45) is 17.8 Å². The molecule has 2 heterocycles. The van der Waals surface area contributed by atoms with Gasteiger partial charge in [-0.3, -0.25) is 14.8 Å². The number of benzene rings is 1. The summed E-state index contributed by atoms with van der Waals surface area (Å²) in [7, 11) is 0. The summed E-state index contributed by atoms with van der Waals surface area (Å²) in [5, 5.41) is 18.8. The summed E-state index contributed by atoms with van der Waals surface area (Å²) in [6, 6.07) is 10.0. The average molecular weight is 430 g/mol. The zero-order valence-corrected chi connectivity index (χ0v) is 17.7. The Morgan fingerprint density at radius 1 is 0.968 bits per heavy atom. The number of amides is 3. The van der Waals surface area contributed by atoms with Crippen LogP contribution in [0.25, 0.3) is 0 Å². The van der Waals surface area contributed by atoms with Crippen LogP contribution in [0.4, 0.5) is 4.79 Å². The zero-order valence-electron chi connectivity index (χ0n) is 17.7. The van der Waals surface area contributed by atoms with Crippen LogP contribution in [0.15, 0.2) is 30.3 Å². The van der Waals surface area contributed by atoms with E-state index in [1.54, 1.807) is 5.48 Å². The first-order valence-electron chi connectivity index (χ1n) is 11.3. The van der Waals surface area contributed by atoms with Crippen LogP contribution in [0, 0.1) is 17.8 Å². The highest BCUT2D eigenvalue weighted by Crippen LogP contribution is 2.41. The lowest BCUT2D eigenvalue weighted by atomic mass is 9.70. The Balaban J connectivity index is 1.45. The second-order valence-corrected chi connectivity index (χ2v) is 9.13. The molecule has 1 unspecified atom stereocenters. The summed E-state index contributed by atoms with van der Waals surface area (Å²) in [5.41, 5.74) is 2.97. The van der Waals surface area contributed by atoms with Crippen LogP contribution in [0.3, 0.4) is 0 Å². The SMILES string of the molecule is O=C(NO)[C@H]1C[C@@H](C2CCCN2C(=O)O)CC[C@@H]1C(=O)N1CC[C@H](c2ccccc2)C1. The Bertz CT molecular complexity index is 817. The Labute approximate surface area is 182 Å². The predicted molar refractivity (Wildman–Crippen MR) is 112 cm³/mol. The molecule has 5 atom stereocenters. The van der Waals surface area contributed by atoms with Crippen LogP contribution in [-0.2, 0) is 9.59 Å². The van der Waals surface area contributed by atoms with Crippen molar-refractivity contribution in [2.75, 3.05) is 19.6 Å². The molecule has 31 heavy (non-hydrogen) atoms. The molecular weight excluding hydrogens is 398 g/mol. The van der Waals surface area contributed by atoms with Gasteiger partial charge in [-0.25, -0.2) is 10.3 Å². The van der Waals surface area contributed by atoms with Gasteiger partial charge in [-0.15, -0.1) is 0 Å². The maximum Gasteiger partial charge on any atom is 0.407 e. The van der Waals surface area contributed by atoms with Gasteiger partial charge in [0.2, 0.25) is 11.8 Å². The van der Waals surface area contributed by atoms with Crippen LogP contribution >= 0.6 is 0 Å². The zero-order chi connectivity index (χ0) is 22.0. The molecule has 0 bridgehead atoms. The Hall–Kier alpha value is -2.61. The van der Waals surface area contributed by atoms with Crippen molar-refractivity contribution < 1.29 is 24.7 Å². The molecule has 1 aliphatic carbocycles. The number of rotatable bonds is 4. The summed E-state index contributed by atoms with van der Waals surface area (Å²) < 4.78 is 0. The first kappa shape index (κ1) is 21.6. The molecule has 0 spiro atoms. The molecule has 3 amide bonds. The fraction of sp³-hybridized carbons (Fsp3) is 0.609. The highest BCUT2D eigenvalue weighted by molar-refractivity contribution is 5.87. The summed E-state index contributed by atoms with van der Waals surface area (Å²) in [5.74, 6) is -1.34. The van der Waals surface area contributed by atoms with E-state index in [9.17, 15) is 24.7 Å². The first-order chi connectivity index (χ1) is 15.0. The molecular formula is C23H31N3O5. The van der Waals surface area contributed by atoms with Crippen LogP contribution in [0.5, 0.6) is 0 Å². The van der Waals surface area contributed by atoms with E-state index < -0.39 is 23.8 Å². The van der Waals surface area contributed by atoms with Crippen molar-refractivity contribution >= 4 is 17.9 Å². The number of likely N-dealkylation sites (tertiary alicyclic amines) is 2. The lowest BCUT2D eigenvalue weighted by molar-refractivity contribution is -0.147. The number of carbonyl (C=O) groups excluding carboxylic acids is 2. The molecule has 0 radical (unpaired) electrons. The van der Waals surface area contributed by atoms with E-state index in [2.05, 4.69) is 12.1 Å². The largest absolute Gasteiger partial charge is 0.465 e. The number of nitrogens with zero attached hydrogens (tertiary/aromatic N) is 2. The van der Waals surface area contributed by atoms with Crippen molar-refractivity contribution in [2.45, 2.75) is 50.5 Å². The lowest BCUT2D eigenvalue weighted by Crippen LogP contribution is -2.49.